The fraction of sp³-hybridized carbons (Fsp3) is 0.417. The third-order valence-electron chi connectivity index (χ3n) is 2.45. The number of hydrogen-bond donors (Lipinski definition) is 1. The molecule has 2 rings (SSSR count). The molecule has 0 aliphatic carbocycles. The van der Waals surface area contributed by atoms with E-state index in [0.717, 1.165) is 16.2 Å². The van der Waals surface area contributed by atoms with E-state index in [4.69, 9.17) is 0 Å². The zero-order valence-corrected chi connectivity index (χ0v) is 11.6. The van der Waals surface area contributed by atoms with E-state index in [1.807, 2.05) is 23.9 Å². The van der Waals surface area contributed by atoms with Crippen LogP contribution in [-0.2, 0) is 6.54 Å². The fourth-order valence-corrected chi connectivity index (χ4v) is 3.10. The molecule has 0 aromatic heterocycles. The highest BCUT2D eigenvalue weighted by atomic mass is 79.9. The molecular formula is C12H15BrN2S. The molecule has 0 amide bonds. The van der Waals surface area contributed by atoms with Gasteiger partial charge in [-0.25, -0.2) is 0 Å². The lowest BCUT2D eigenvalue weighted by Crippen LogP contribution is -2.35. The second-order valence-corrected chi connectivity index (χ2v) is 5.93. The van der Waals surface area contributed by atoms with Gasteiger partial charge in [0.25, 0.3) is 0 Å². The zero-order valence-electron chi connectivity index (χ0n) is 9.24. The Morgan fingerprint density at radius 2 is 2.44 bits per heavy atom. The summed E-state index contributed by atoms with van der Waals surface area (Å²) >= 11 is 5.29. The van der Waals surface area contributed by atoms with Gasteiger partial charge in [-0.3, -0.25) is 4.99 Å². The molecule has 1 aliphatic rings. The van der Waals surface area contributed by atoms with E-state index in [2.05, 4.69) is 45.3 Å². The normalized spacial score (nSPS) is 23.1. The van der Waals surface area contributed by atoms with Gasteiger partial charge in [-0.1, -0.05) is 39.8 Å². The largest absolute Gasteiger partial charge is 0.362 e. The molecule has 4 heteroatoms. The number of nitrogens with zero attached hydrogens (tertiary/aromatic N) is 1. The summed E-state index contributed by atoms with van der Waals surface area (Å²) in [6.07, 6.45) is 1.22. The molecule has 2 nitrogen and oxygen atoms in total. The summed E-state index contributed by atoms with van der Waals surface area (Å²) in [5, 5.41) is 4.48. The van der Waals surface area contributed by atoms with Crippen molar-refractivity contribution in [1.82, 2.24) is 5.32 Å². The van der Waals surface area contributed by atoms with E-state index >= 15 is 0 Å². The number of aliphatic imine (C=N–C) groups is 1. The van der Waals surface area contributed by atoms with E-state index in [9.17, 15) is 0 Å². The predicted octanol–water partition coefficient (Wildman–Crippen LogP) is 3.42. The molecule has 1 saturated heterocycles. The third kappa shape index (κ3) is 3.52. The quantitative estimate of drug-likeness (QED) is 0.905. The van der Waals surface area contributed by atoms with E-state index in [1.54, 1.807) is 0 Å². The van der Waals surface area contributed by atoms with Crippen LogP contribution in [0.25, 0.3) is 0 Å². The maximum atomic E-state index is 4.59. The van der Waals surface area contributed by atoms with Crippen LogP contribution >= 0.6 is 27.7 Å². The van der Waals surface area contributed by atoms with Gasteiger partial charge in [-0.2, -0.15) is 0 Å². The van der Waals surface area contributed by atoms with E-state index < -0.39 is 0 Å². The minimum Gasteiger partial charge on any atom is -0.362 e. The number of thioether (sulfide) groups is 1. The second kappa shape index (κ2) is 5.73. The molecule has 0 radical (unpaired) electrons. The van der Waals surface area contributed by atoms with Crippen molar-refractivity contribution in [3.63, 3.8) is 0 Å². The Kier molecular flexibility index (Phi) is 4.29. The van der Waals surface area contributed by atoms with Gasteiger partial charge in [0.15, 0.2) is 5.17 Å². The minimum atomic E-state index is 0.558. The lowest BCUT2D eigenvalue weighted by atomic mass is 10.2. The number of halogens is 1. The molecule has 86 valence electrons. The smallest absolute Gasteiger partial charge is 0.157 e. The SMILES string of the molecule is CC1CCSC(=NCc2cccc(Br)c2)N1. The van der Waals surface area contributed by atoms with Crippen molar-refractivity contribution in [3.05, 3.63) is 34.3 Å². The minimum absolute atomic E-state index is 0.558. The van der Waals surface area contributed by atoms with Crippen LogP contribution in [0, 0.1) is 0 Å². The van der Waals surface area contributed by atoms with Crippen molar-refractivity contribution in [2.24, 2.45) is 4.99 Å². The lowest BCUT2D eigenvalue weighted by Gasteiger charge is -2.21. The molecule has 1 fully saturated rings. The van der Waals surface area contributed by atoms with Crippen molar-refractivity contribution < 1.29 is 0 Å². The topological polar surface area (TPSA) is 24.4 Å². The summed E-state index contributed by atoms with van der Waals surface area (Å²) in [6.45, 7) is 2.95. The first-order valence-electron chi connectivity index (χ1n) is 5.42. The Labute approximate surface area is 109 Å². The maximum Gasteiger partial charge on any atom is 0.157 e. The van der Waals surface area contributed by atoms with Gasteiger partial charge in [-0.15, -0.1) is 0 Å². The van der Waals surface area contributed by atoms with Crippen LogP contribution in [0.1, 0.15) is 18.9 Å². The second-order valence-electron chi connectivity index (χ2n) is 3.93. The summed E-state index contributed by atoms with van der Waals surface area (Å²) in [5.74, 6) is 1.17. The van der Waals surface area contributed by atoms with Gasteiger partial charge in [-0.05, 0) is 31.0 Å². The van der Waals surface area contributed by atoms with E-state index in [0.29, 0.717) is 6.04 Å². The van der Waals surface area contributed by atoms with Crippen molar-refractivity contribution in [2.45, 2.75) is 25.9 Å². The van der Waals surface area contributed by atoms with Gasteiger partial charge in [0.05, 0.1) is 6.54 Å². The Hall–Kier alpha value is -0.480. The molecular weight excluding hydrogens is 284 g/mol. The number of rotatable bonds is 2. The fourth-order valence-electron chi connectivity index (χ4n) is 1.55. The Morgan fingerprint density at radius 1 is 1.56 bits per heavy atom. The molecule has 0 saturated carbocycles. The number of nitrogens with one attached hydrogen (secondary N) is 1. The van der Waals surface area contributed by atoms with Crippen molar-refractivity contribution in [3.8, 4) is 0 Å². The Morgan fingerprint density at radius 3 is 3.19 bits per heavy atom. The van der Waals surface area contributed by atoms with Crippen molar-refractivity contribution in [2.75, 3.05) is 5.75 Å². The first kappa shape index (κ1) is 12.0. The first-order chi connectivity index (χ1) is 7.74. The summed E-state index contributed by atoms with van der Waals surface area (Å²) in [6, 6.07) is 8.85. The summed E-state index contributed by atoms with van der Waals surface area (Å²) in [5.41, 5.74) is 1.24. The van der Waals surface area contributed by atoms with Crippen LogP contribution in [0.2, 0.25) is 0 Å². The predicted molar refractivity (Wildman–Crippen MR) is 75.0 cm³/mol. The van der Waals surface area contributed by atoms with Gasteiger partial charge in [0, 0.05) is 16.3 Å². The number of amidine groups is 1. The van der Waals surface area contributed by atoms with Gasteiger partial charge in [0.2, 0.25) is 0 Å². The van der Waals surface area contributed by atoms with Crippen LogP contribution in [-0.4, -0.2) is 17.0 Å². The average molecular weight is 299 g/mol. The summed E-state index contributed by atoms with van der Waals surface area (Å²) in [7, 11) is 0. The standard InChI is InChI=1S/C12H15BrN2S/c1-9-5-6-16-12(15-9)14-8-10-3-2-4-11(13)7-10/h2-4,7,9H,5-6,8H2,1H3,(H,14,15). The van der Waals surface area contributed by atoms with Crippen molar-refractivity contribution >= 4 is 32.9 Å². The monoisotopic (exact) mass is 298 g/mol. The molecule has 1 aromatic carbocycles. The van der Waals surface area contributed by atoms with Gasteiger partial charge in [0.1, 0.15) is 0 Å². The summed E-state index contributed by atoms with van der Waals surface area (Å²) in [4.78, 5) is 4.59. The number of benzene rings is 1. The molecule has 1 aliphatic heterocycles. The van der Waals surface area contributed by atoms with Crippen LogP contribution < -0.4 is 5.32 Å². The van der Waals surface area contributed by atoms with Gasteiger partial charge < -0.3 is 5.32 Å². The first-order valence-corrected chi connectivity index (χ1v) is 7.20. The highest BCUT2D eigenvalue weighted by Crippen LogP contribution is 2.16. The van der Waals surface area contributed by atoms with Crippen LogP contribution in [0.3, 0.4) is 0 Å². The molecule has 1 aromatic rings. The van der Waals surface area contributed by atoms with E-state index in [-0.39, 0.29) is 0 Å². The molecule has 0 spiro atoms. The zero-order chi connectivity index (χ0) is 11.4. The van der Waals surface area contributed by atoms with Crippen molar-refractivity contribution in [1.29, 1.82) is 0 Å². The molecule has 1 unspecified atom stereocenters. The molecule has 1 N–H and O–H groups in total. The average Bonchev–Trinajstić information content (AvgIpc) is 2.27. The van der Waals surface area contributed by atoms with Crippen LogP contribution in [0.5, 0.6) is 0 Å². The van der Waals surface area contributed by atoms with Gasteiger partial charge >= 0.3 is 0 Å². The highest BCUT2D eigenvalue weighted by molar-refractivity contribution is 9.10. The van der Waals surface area contributed by atoms with Crippen LogP contribution in [0.15, 0.2) is 33.7 Å². The molecule has 0 bridgehead atoms. The lowest BCUT2D eigenvalue weighted by molar-refractivity contribution is 0.642. The molecule has 1 heterocycles. The Bertz CT molecular complexity index is 392. The third-order valence-corrected chi connectivity index (χ3v) is 3.91. The number of hydrogen-bond acceptors (Lipinski definition) is 2. The van der Waals surface area contributed by atoms with Crippen LogP contribution in [0.4, 0.5) is 0 Å². The highest BCUT2D eigenvalue weighted by Gasteiger charge is 2.12. The summed E-state index contributed by atoms with van der Waals surface area (Å²) < 4.78 is 1.11. The maximum absolute atomic E-state index is 4.59. The van der Waals surface area contributed by atoms with E-state index in [1.165, 1.54) is 17.7 Å². The Balaban J connectivity index is 1.97. The molecule has 16 heavy (non-hydrogen) atoms. The molecule has 1 atom stereocenters.